The van der Waals surface area contributed by atoms with Crippen molar-refractivity contribution in [1.29, 1.82) is 0 Å². The van der Waals surface area contributed by atoms with Gasteiger partial charge in [0, 0.05) is 45.2 Å². The lowest BCUT2D eigenvalue weighted by Gasteiger charge is -2.22. The van der Waals surface area contributed by atoms with Crippen molar-refractivity contribution in [2.75, 3.05) is 38.1 Å². The standard InChI is InChI=1S/C23H29N3O2/c1-18(27)24-22-6-3-19(4-7-22)16-25-10-2-11-26(13-12-25)17-20-5-8-23-21(15-20)9-14-28-23/h3-8,15H,2,9-14,16-17H2,1H3,(H,24,27). The maximum Gasteiger partial charge on any atom is 0.221 e. The van der Waals surface area contributed by atoms with Crippen LogP contribution in [0.5, 0.6) is 5.75 Å². The van der Waals surface area contributed by atoms with Crippen LogP contribution in [0.1, 0.15) is 30.0 Å². The topological polar surface area (TPSA) is 44.8 Å². The quantitative estimate of drug-likeness (QED) is 0.866. The molecule has 148 valence electrons. The van der Waals surface area contributed by atoms with Gasteiger partial charge in [-0.3, -0.25) is 14.6 Å². The minimum atomic E-state index is -0.0312. The summed E-state index contributed by atoms with van der Waals surface area (Å²) in [5.41, 5.74) is 4.90. The van der Waals surface area contributed by atoms with E-state index in [2.05, 4.69) is 45.4 Å². The van der Waals surface area contributed by atoms with Crippen molar-refractivity contribution in [3.05, 3.63) is 59.2 Å². The molecule has 0 spiro atoms. The Morgan fingerprint density at radius 2 is 1.64 bits per heavy atom. The molecule has 0 bridgehead atoms. The lowest BCUT2D eigenvalue weighted by atomic mass is 10.1. The first-order valence-corrected chi connectivity index (χ1v) is 10.2. The lowest BCUT2D eigenvalue weighted by molar-refractivity contribution is -0.114. The van der Waals surface area contributed by atoms with Crippen LogP contribution in [0.25, 0.3) is 0 Å². The Balaban J connectivity index is 1.29. The maximum absolute atomic E-state index is 11.1. The van der Waals surface area contributed by atoms with Crippen LogP contribution in [-0.2, 0) is 24.3 Å². The van der Waals surface area contributed by atoms with Gasteiger partial charge < -0.3 is 10.1 Å². The van der Waals surface area contributed by atoms with Crippen molar-refractivity contribution in [2.24, 2.45) is 0 Å². The Bertz CT molecular complexity index is 819. The van der Waals surface area contributed by atoms with Crippen molar-refractivity contribution in [2.45, 2.75) is 32.9 Å². The molecule has 0 unspecified atom stereocenters. The van der Waals surface area contributed by atoms with Crippen molar-refractivity contribution in [3.63, 3.8) is 0 Å². The molecule has 4 rings (SSSR count). The van der Waals surface area contributed by atoms with E-state index in [9.17, 15) is 4.79 Å². The van der Waals surface area contributed by atoms with Crippen molar-refractivity contribution in [3.8, 4) is 5.75 Å². The Kier molecular flexibility index (Phi) is 5.93. The lowest BCUT2D eigenvalue weighted by Crippen LogP contribution is -2.30. The van der Waals surface area contributed by atoms with Gasteiger partial charge in [0.25, 0.3) is 0 Å². The highest BCUT2D eigenvalue weighted by Gasteiger charge is 2.17. The zero-order valence-corrected chi connectivity index (χ0v) is 16.6. The molecule has 0 atom stereocenters. The Morgan fingerprint density at radius 1 is 0.964 bits per heavy atom. The molecule has 2 aliphatic rings. The van der Waals surface area contributed by atoms with Crippen molar-refractivity contribution in [1.82, 2.24) is 9.80 Å². The highest BCUT2D eigenvalue weighted by atomic mass is 16.5. The Labute approximate surface area is 167 Å². The van der Waals surface area contributed by atoms with Gasteiger partial charge in [-0.05, 0) is 54.4 Å². The van der Waals surface area contributed by atoms with Crippen LogP contribution < -0.4 is 10.1 Å². The molecular weight excluding hydrogens is 350 g/mol. The molecule has 0 aromatic heterocycles. The number of nitrogens with one attached hydrogen (secondary N) is 1. The second-order valence-corrected chi connectivity index (χ2v) is 7.82. The van der Waals surface area contributed by atoms with E-state index in [0.29, 0.717) is 0 Å². The van der Waals surface area contributed by atoms with Gasteiger partial charge in [0.1, 0.15) is 5.75 Å². The van der Waals surface area contributed by atoms with Crippen LogP contribution in [0, 0.1) is 0 Å². The van der Waals surface area contributed by atoms with E-state index in [0.717, 1.165) is 63.7 Å². The molecule has 2 aromatic carbocycles. The van der Waals surface area contributed by atoms with Crippen LogP contribution in [0.4, 0.5) is 5.69 Å². The van der Waals surface area contributed by atoms with E-state index < -0.39 is 0 Å². The largest absolute Gasteiger partial charge is 0.493 e. The highest BCUT2D eigenvalue weighted by molar-refractivity contribution is 5.88. The summed E-state index contributed by atoms with van der Waals surface area (Å²) in [5, 5.41) is 2.82. The number of hydrogen-bond donors (Lipinski definition) is 1. The number of ether oxygens (including phenoxy) is 1. The second kappa shape index (κ2) is 8.76. The molecule has 2 heterocycles. The monoisotopic (exact) mass is 379 g/mol. The van der Waals surface area contributed by atoms with Gasteiger partial charge >= 0.3 is 0 Å². The van der Waals surface area contributed by atoms with Gasteiger partial charge in [-0.15, -0.1) is 0 Å². The smallest absolute Gasteiger partial charge is 0.221 e. The molecule has 0 radical (unpaired) electrons. The summed E-state index contributed by atoms with van der Waals surface area (Å²) in [7, 11) is 0. The minimum Gasteiger partial charge on any atom is -0.493 e. The van der Waals surface area contributed by atoms with E-state index in [-0.39, 0.29) is 5.91 Å². The third-order valence-corrected chi connectivity index (χ3v) is 5.52. The number of carbonyl (C=O) groups is 1. The third-order valence-electron chi connectivity index (χ3n) is 5.52. The molecule has 1 fully saturated rings. The average Bonchev–Trinajstić information content (AvgIpc) is 3.03. The number of amides is 1. The molecule has 1 amide bonds. The summed E-state index contributed by atoms with van der Waals surface area (Å²) in [5.74, 6) is 1.03. The molecule has 2 aromatic rings. The zero-order chi connectivity index (χ0) is 19.3. The van der Waals surface area contributed by atoms with Crippen LogP contribution >= 0.6 is 0 Å². The fourth-order valence-electron chi connectivity index (χ4n) is 4.09. The average molecular weight is 380 g/mol. The summed E-state index contributed by atoms with van der Waals surface area (Å²) in [6.07, 6.45) is 2.23. The maximum atomic E-state index is 11.1. The Morgan fingerprint density at radius 3 is 2.36 bits per heavy atom. The first-order chi connectivity index (χ1) is 13.7. The molecule has 5 nitrogen and oxygen atoms in total. The van der Waals surface area contributed by atoms with Gasteiger partial charge in [0.2, 0.25) is 5.91 Å². The third kappa shape index (κ3) is 4.91. The van der Waals surface area contributed by atoms with Gasteiger partial charge in [-0.1, -0.05) is 24.3 Å². The van der Waals surface area contributed by atoms with E-state index >= 15 is 0 Å². The number of fused-ring (bicyclic) bond motifs is 1. The second-order valence-electron chi connectivity index (χ2n) is 7.82. The Hall–Kier alpha value is -2.37. The molecule has 1 saturated heterocycles. The first kappa shape index (κ1) is 19.0. The zero-order valence-electron chi connectivity index (χ0n) is 16.6. The summed E-state index contributed by atoms with van der Waals surface area (Å²) < 4.78 is 5.62. The van der Waals surface area contributed by atoms with Crippen LogP contribution in [0.2, 0.25) is 0 Å². The highest BCUT2D eigenvalue weighted by Crippen LogP contribution is 2.26. The van der Waals surface area contributed by atoms with E-state index in [1.165, 1.54) is 30.0 Å². The predicted octanol–water partition coefficient (Wildman–Crippen LogP) is 3.29. The SMILES string of the molecule is CC(=O)Nc1ccc(CN2CCCN(Cc3ccc4c(c3)CCO4)CC2)cc1. The number of rotatable bonds is 5. The molecule has 2 aliphatic heterocycles. The van der Waals surface area contributed by atoms with Crippen molar-refractivity contribution >= 4 is 11.6 Å². The fourth-order valence-corrected chi connectivity index (χ4v) is 4.09. The summed E-state index contributed by atoms with van der Waals surface area (Å²) >= 11 is 0. The predicted molar refractivity (Wildman–Crippen MR) is 112 cm³/mol. The molecule has 28 heavy (non-hydrogen) atoms. The van der Waals surface area contributed by atoms with Crippen LogP contribution in [0.15, 0.2) is 42.5 Å². The van der Waals surface area contributed by atoms with Gasteiger partial charge in [0.05, 0.1) is 6.61 Å². The summed E-state index contributed by atoms with van der Waals surface area (Å²) in [6, 6.07) is 14.9. The molecule has 1 N–H and O–H groups in total. The van der Waals surface area contributed by atoms with Crippen LogP contribution in [0.3, 0.4) is 0 Å². The summed E-state index contributed by atoms with van der Waals surface area (Å²) in [4.78, 5) is 16.2. The number of hydrogen-bond acceptors (Lipinski definition) is 4. The van der Waals surface area contributed by atoms with E-state index in [4.69, 9.17) is 4.74 Å². The van der Waals surface area contributed by atoms with E-state index in [1.807, 2.05) is 12.1 Å². The number of benzene rings is 2. The van der Waals surface area contributed by atoms with Gasteiger partial charge in [-0.2, -0.15) is 0 Å². The number of nitrogens with zero attached hydrogens (tertiary/aromatic N) is 2. The van der Waals surface area contributed by atoms with E-state index in [1.54, 1.807) is 0 Å². The molecule has 5 heteroatoms. The van der Waals surface area contributed by atoms with Crippen molar-refractivity contribution < 1.29 is 9.53 Å². The minimum absolute atomic E-state index is 0.0312. The number of carbonyl (C=O) groups excluding carboxylic acids is 1. The van der Waals surface area contributed by atoms with Crippen LogP contribution in [-0.4, -0.2) is 48.5 Å². The summed E-state index contributed by atoms with van der Waals surface area (Å²) in [6.45, 7) is 8.79. The van der Waals surface area contributed by atoms with Gasteiger partial charge in [0.15, 0.2) is 0 Å². The fraction of sp³-hybridized carbons (Fsp3) is 0.435. The van der Waals surface area contributed by atoms with Gasteiger partial charge in [-0.25, -0.2) is 0 Å². The first-order valence-electron chi connectivity index (χ1n) is 10.2. The number of anilines is 1. The molecular formula is C23H29N3O2. The normalized spacial score (nSPS) is 17.6. The molecule has 0 aliphatic carbocycles. The molecule has 0 saturated carbocycles.